The first-order chi connectivity index (χ1) is 8.93. The molecule has 0 aliphatic carbocycles. The topological polar surface area (TPSA) is 37.8 Å². The quantitative estimate of drug-likeness (QED) is 0.869. The van der Waals surface area contributed by atoms with Crippen molar-refractivity contribution in [2.45, 2.75) is 0 Å². The number of aromatic nitrogens is 2. The molecule has 0 bridgehead atoms. The van der Waals surface area contributed by atoms with E-state index in [0.29, 0.717) is 0 Å². The highest BCUT2D eigenvalue weighted by atomic mass is 14.8. The monoisotopic (exact) mass is 235 g/mol. The molecule has 3 heteroatoms. The highest BCUT2D eigenvalue weighted by Gasteiger charge is 2.04. The van der Waals surface area contributed by atoms with Crippen molar-refractivity contribution in [3.05, 3.63) is 66.9 Å². The molecule has 3 heterocycles. The van der Waals surface area contributed by atoms with E-state index >= 15 is 0 Å². The second kappa shape index (κ2) is 4.84. The zero-order valence-electron chi connectivity index (χ0n) is 9.88. The van der Waals surface area contributed by atoms with E-state index in [1.54, 1.807) is 12.4 Å². The van der Waals surface area contributed by atoms with Crippen LogP contribution in [0.3, 0.4) is 0 Å². The van der Waals surface area contributed by atoms with Gasteiger partial charge < -0.3 is 5.32 Å². The number of hydrogen-bond donors (Lipinski definition) is 1. The highest BCUT2D eigenvalue weighted by molar-refractivity contribution is 5.77. The number of dihydropyridines is 1. The van der Waals surface area contributed by atoms with Crippen molar-refractivity contribution in [1.82, 2.24) is 15.3 Å². The third kappa shape index (κ3) is 2.15. The molecule has 1 aliphatic rings. The molecule has 0 aromatic carbocycles. The predicted octanol–water partition coefficient (Wildman–Crippen LogP) is 2.64. The van der Waals surface area contributed by atoms with Gasteiger partial charge in [0, 0.05) is 42.5 Å². The maximum Gasteiger partial charge on any atom is 0.0346 e. The van der Waals surface area contributed by atoms with Crippen molar-refractivity contribution in [2.75, 3.05) is 6.54 Å². The second-order valence-corrected chi connectivity index (χ2v) is 4.10. The zero-order chi connectivity index (χ0) is 12.2. The average Bonchev–Trinajstić information content (AvgIpc) is 2.49. The lowest BCUT2D eigenvalue weighted by molar-refractivity contribution is 0.975. The lowest BCUT2D eigenvalue weighted by atomic mass is 10.0. The van der Waals surface area contributed by atoms with Gasteiger partial charge in [0.1, 0.15) is 0 Å². The van der Waals surface area contributed by atoms with Gasteiger partial charge in [-0.15, -0.1) is 0 Å². The van der Waals surface area contributed by atoms with Gasteiger partial charge in [0.15, 0.2) is 0 Å². The number of rotatable bonds is 2. The van der Waals surface area contributed by atoms with Gasteiger partial charge in [-0.2, -0.15) is 0 Å². The van der Waals surface area contributed by atoms with E-state index in [9.17, 15) is 0 Å². The van der Waals surface area contributed by atoms with E-state index in [1.165, 1.54) is 5.57 Å². The van der Waals surface area contributed by atoms with Crippen molar-refractivity contribution >= 4 is 5.57 Å². The number of nitrogens with one attached hydrogen (secondary N) is 1. The van der Waals surface area contributed by atoms with Crippen LogP contribution in [0.15, 0.2) is 61.3 Å². The lowest BCUT2D eigenvalue weighted by Gasteiger charge is -2.09. The van der Waals surface area contributed by atoms with E-state index in [1.807, 2.05) is 30.7 Å². The summed E-state index contributed by atoms with van der Waals surface area (Å²) in [5.74, 6) is 0. The fourth-order valence-corrected chi connectivity index (χ4v) is 1.97. The molecule has 1 N–H and O–H groups in total. The third-order valence-corrected chi connectivity index (χ3v) is 2.91. The molecule has 3 nitrogen and oxygen atoms in total. The van der Waals surface area contributed by atoms with Crippen LogP contribution in [0.5, 0.6) is 0 Å². The van der Waals surface area contributed by atoms with E-state index in [-0.39, 0.29) is 0 Å². The molecular formula is C15H13N3. The zero-order valence-corrected chi connectivity index (χ0v) is 9.88. The van der Waals surface area contributed by atoms with Crippen LogP contribution in [-0.2, 0) is 0 Å². The summed E-state index contributed by atoms with van der Waals surface area (Å²) in [5.41, 5.74) is 4.60. The van der Waals surface area contributed by atoms with Crippen molar-refractivity contribution in [1.29, 1.82) is 0 Å². The number of allylic oxidation sites excluding steroid dienone is 2. The Kier molecular flexibility index (Phi) is 2.88. The molecule has 88 valence electrons. The van der Waals surface area contributed by atoms with Crippen LogP contribution < -0.4 is 5.32 Å². The van der Waals surface area contributed by atoms with Gasteiger partial charge in [-0.3, -0.25) is 9.97 Å². The molecule has 0 saturated heterocycles. The number of nitrogens with zero attached hydrogens (tertiary/aromatic N) is 2. The van der Waals surface area contributed by atoms with Gasteiger partial charge in [-0.25, -0.2) is 0 Å². The molecule has 0 unspecified atom stereocenters. The Balaban J connectivity index is 1.99. The first kappa shape index (κ1) is 10.7. The molecule has 2 aromatic heterocycles. The molecular weight excluding hydrogens is 222 g/mol. The van der Waals surface area contributed by atoms with Crippen LogP contribution in [0.25, 0.3) is 16.7 Å². The maximum atomic E-state index is 4.32. The summed E-state index contributed by atoms with van der Waals surface area (Å²) in [7, 11) is 0. The van der Waals surface area contributed by atoms with Gasteiger partial charge in [0.2, 0.25) is 0 Å². The fourth-order valence-electron chi connectivity index (χ4n) is 1.97. The normalized spacial score (nSPS) is 13.9. The molecule has 0 saturated carbocycles. The maximum absolute atomic E-state index is 4.32. The fraction of sp³-hybridized carbons (Fsp3) is 0.0667. The van der Waals surface area contributed by atoms with Crippen LogP contribution in [0.2, 0.25) is 0 Å². The van der Waals surface area contributed by atoms with Crippen molar-refractivity contribution in [3.63, 3.8) is 0 Å². The molecule has 0 amide bonds. The minimum absolute atomic E-state index is 0.866. The van der Waals surface area contributed by atoms with Gasteiger partial charge in [-0.1, -0.05) is 6.08 Å². The van der Waals surface area contributed by atoms with Gasteiger partial charge in [0.05, 0.1) is 0 Å². The van der Waals surface area contributed by atoms with Crippen molar-refractivity contribution < 1.29 is 0 Å². The summed E-state index contributed by atoms with van der Waals surface area (Å²) < 4.78 is 0. The Morgan fingerprint density at radius 3 is 2.56 bits per heavy atom. The minimum Gasteiger partial charge on any atom is -0.387 e. The first-order valence-corrected chi connectivity index (χ1v) is 5.89. The van der Waals surface area contributed by atoms with Crippen molar-refractivity contribution in [2.24, 2.45) is 0 Å². The molecule has 18 heavy (non-hydrogen) atoms. The summed E-state index contributed by atoms with van der Waals surface area (Å²) >= 11 is 0. The Morgan fingerprint density at radius 2 is 1.78 bits per heavy atom. The van der Waals surface area contributed by atoms with Gasteiger partial charge in [-0.05, 0) is 41.6 Å². The highest BCUT2D eigenvalue weighted by Crippen LogP contribution is 2.23. The molecule has 0 atom stereocenters. The van der Waals surface area contributed by atoms with E-state index in [2.05, 4.69) is 33.5 Å². The molecule has 3 rings (SSSR count). The SMILES string of the molecule is C1=CC(c2cncc(-c3ccncc3)c2)=CCN1. The smallest absolute Gasteiger partial charge is 0.0346 e. The van der Waals surface area contributed by atoms with Crippen LogP contribution >= 0.6 is 0 Å². The summed E-state index contributed by atoms with van der Waals surface area (Å²) in [6.07, 6.45) is 13.6. The average molecular weight is 235 g/mol. The Morgan fingerprint density at radius 1 is 0.944 bits per heavy atom. The summed E-state index contributed by atoms with van der Waals surface area (Å²) in [6.45, 7) is 0.866. The molecule has 2 aromatic rings. The van der Waals surface area contributed by atoms with Gasteiger partial charge >= 0.3 is 0 Å². The largest absolute Gasteiger partial charge is 0.387 e. The van der Waals surface area contributed by atoms with Crippen LogP contribution in [0.1, 0.15) is 5.56 Å². The third-order valence-electron chi connectivity index (χ3n) is 2.91. The first-order valence-electron chi connectivity index (χ1n) is 5.89. The summed E-state index contributed by atoms with van der Waals surface area (Å²) in [5, 5.41) is 3.15. The van der Waals surface area contributed by atoms with Crippen LogP contribution in [-0.4, -0.2) is 16.5 Å². The standard InChI is InChI=1S/C15H13N3/c1-5-16-6-2-12(1)14-9-15(11-18-10-14)13-3-7-17-8-4-13/h1-7,9-11,17H,8H2. The molecule has 0 radical (unpaired) electrons. The molecule has 0 spiro atoms. The number of pyridine rings is 2. The number of hydrogen-bond acceptors (Lipinski definition) is 3. The van der Waals surface area contributed by atoms with E-state index < -0.39 is 0 Å². The van der Waals surface area contributed by atoms with Crippen LogP contribution in [0, 0.1) is 0 Å². The Labute approximate surface area is 106 Å². The van der Waals surface area contributed by atoms with E-state index in [0.717, 1.165) is 23.2 Å². The van der Waals surface area contributed by atoms with Gasteiger partial charge in [0.25, 0.3) is 0 Å². The molecule has 1 aliphatic heterocycles. The summed E-state index contributed by atoms with van der Waals surface area (Å²) in [4.78, 5) is 8.35. The Hall–Kier alpha value is -2.42. The predicted molar refractivity (Wildman–Crippen MR) is 72.6 cm³/mol. The van der Waals surface area contributed by atoms with Crippen molar-refractivity contribution in [3.8, 4) is 11.1 Å². The lowest BCUT2D eigenvalue weighted by Crippen LogP contribution is -2.08. The van der Waals surface area contributed by atoms with E-state index in [4.69, 9.17) is 0 Å². The summed E-state index contributed by atoms with van der Waals surface area (Å²) in [6, 6.07) is 6.14. The van der Waals surface area contributed by atoms with Crippen LogP contribution in [0.4, 0.5) is 0 Å². The minimum atomic E-state index is 0.866. The Bertz CT molecular complexity index is 600. The second-order valence-electron chi connectivity index (χ2n) is 4.10. The molecule has 0 fully saturated rings.